The van der Waals surface area contributed by atoms with Gasteiger partial charge in [-0.2, -0.15) is 15.7 Å². The number of azo groups is 2. The summed E-state index contributed by atoms with van der Waals surface area (Å²) < 4.78 is 36.3. The van der Waals surface area contributed by atoms with Gasteiger partial charge in [0.25, 0.3) is 11.1 Å². The van der Waals surface area contributed by atoms with Crippen molar-refractivity contribution in [2.24, 2.45) is 20.5 Å². The van der Waals surface area contributed by atoms with Crippen molar-refractivity contribution in [2.75, 3.05) is 0 Å². The van der Waals surface area contributed by atoms with Crippen LogP contribution in [0.5, 0.6) is 11.8 Å². The fourth-order valence-corrected chi connectivity index (χ4v) is 7.70. The summed E-state index contributed by atoms with van der Waals surface area (Å²) in [7, 11) is -4.24. The first kappa shape index (κ1) is 44.3. The van der Waals surface area contributed by atoms with Gasteiger partial charge in [-0.25, -0.2) is 13.1 Å². The molecule has 0 saturated heterocycles. The molecule has 2 aromatic heterocycles. The number of sulfonamides is 1. The number of aromatic amines is 4. The van der Waals surface area contributed by atoms with Crippen molar-refractivity contribution >= 4 is 69.3 Å². The molecule has 0 amide bonds. The second-order valence-electron chi connectivity index (χ2n) is 12.7. The zero-order valence-corrected chi connectivity index (χ0v) is 34.3. The van der Waals surface area contributed by atoms with Crippen LogP contribution in [0.3, 0.4) is 0 Å². The third-order valence-corrected chi connectivity index (χ3v) is 10.8. The van der Waals surface area contributed by atoms with Crippen LogP contribution in [0.2, 0.25) is 0 Å². The Bertz CT molecular complexity index is 2380. The van der Waals surface area contributed by atoms with Crippen LogP contribution >= 0.6 is 36.5 Å². The van der Waals surface area contributed by atoms with Crippen LogP contribution in [-0.4, -0.2) is 50.7 Å². The molecule has 0 fully saturated rings. The lowest BCUT2D eigenvalue weighted by Gasteiger charge is -2.18. The number of nitrogens with one attached hydrogen (secondary N) is 6. The molecule has 2 aromatic carbocycles. The van der Waals surface area contributed by atoms with Crippen LogP contribution in [0.25, 0.3) is 11.1 Å². The molecule has 56 heavy (non-hydrogen) atoms. The van der Waals surface area contributed by atoms with Crippen molar-refractivity contribution in [3.05, 3.63) is 66.6 Å². The largest absolute Gasteiger partial charge is 0.493 e. The van der Waals surface area contributed by atoms with Crippen molar-refractivity contribution in [3.63, 3.8) is 0 Å². The molecule has 8 N–H and O–H groups in total. The van der Waals surface area contributed by atoms with E-state index in [-0.39, 0.29) is 37.4 Å². The molecule has 0 aliphatic heterocycles. The predicted molar refractivity (Wildman–Crippen MR) is 217 cm³/mol. The first-order valence-corrected chi connectivity index (χ1v) is 20.8. The van der Waals surface area contributed by atoms with Gasteiger partial charge >= 0.3 is 0 Å². The molecular formula is C34H44N10O8S4. The smallest absolute Gasteiger partial charge is 0.283 e. The number of nitrogens with zero attached hydrogens (tertiary/aromatic N) is 4. The van der Waals surface area contributed by atoms with Gasteiger partial charge < -0.3 is 20.2 Å². The highest BCUT2D eigenvalue weighted by Crippen LogP contribution is 2.40. The molecule has 4 rings (SSSR count). The zero-order valence-electron chi connectivity index (χ0n) is 31.0. The normalized spacial score (nSPS) is 13.1. The summed E-state index contributed by atoms with van der Waals surface area (Å²) in [5, 5.41) is 36.3. The maximum Gasteiger partial charge on any atom is 0.283 e. The van der Waals surface area contributed by atoms with E-state index in [1.54, 1.807) is 13.0 Å². The molecule has 22 heteroatoms. The van der Waals surface area contributed by atoms with Gasteiger partial charge in [0.15, 0.2) is 9.54 Å². The van der Waals surface area contributed by atoms with Gasteiger partial charge in [-0.15, -0.1) is 19.6 Å². The minimum Gasteiger partial charge on any atom is -0.493 e. The molecule has 4 aromatic rings. The van der Waals surface area contributed by atoms with Crippen molar-refractivity contribution in [2.45, 2.75) is 101 Å². The van der Waals surface area contributed by atoms with E-state index in [2.05, 4.69) is 64.4 Å². The highest BCUT2D eigenvalue weighted by molar-refractivity contribution is 7.94. The fourth-order valence-electron chi connectivity index (χ4n) is 5.22. The topological polar surface area (TPSA) is 264 Å². The second kappa shape index (κ2) is 21.2. The van der Waals surface area contributed by atoms with E-state index >= 15 is 0 Å². The average Bonchev–Trinajstić information content (AvgIpc) is 3.12. The Balaban J connectivity index is 1.79. The number of hydrogen-bond acceptors (Lipinski definition) is 16. The molecule has 2 heterocycles. The van der Waals surface area contributed by atoms with Crippen LogP contribution in [0.4, 0.5) is 22.7 Å². The lowest BCUT2D eigenvalue weighted by atomic mass is 10.0. The van der Waals surface area contributed by atoms with E-state index in [1.807, 2.05) is 6.92 Å². The zero-order chi connectivity index (χ0) is 40.8. The average molecular weight is 849 g/mol. The molecule has 302 valence electrons. The molecule has 2 unspecified atom stereocenters. The van der Waals surface area contributed by atoms with Gasteiger partial charge in [-0.1, -0.05) is 64.5 Å². The van der Waals surface area contributed by atoms with E-state index in [1.165, 1.54) is 30.3 Å². The quantitative estimate of drug-likeness (QED) is 0.00977. The molecule has 0 spiro atoms. The summed E-state index contributed by atoms with van der Waals surface area (Å²) in [6.07, 6.45) is 7.31. The molecule has 18 nitrogen and oxygen atoms in total. The Labute approximate surface area is 336 Å². The Morgan fingerprint density at radius 1 is 0.750 bits per heavy atom. The fraction of sp³-hybridized carbons (Fsp3) is 0.412. The van der Waals surface area contributed by atoms with Crippen LogP contribution in [-0.2, 0) is 19.3 Å². The summed E-state index contributed by atoms with van der Waals surface area (Å²) in [6.45, 7) is 7.89. The summed E-state index contributed by atoms with van der Waals surface area (Å²) in [5.74, 6) is -1.20. The monoisotopic (exact) mass is 848 g/mol. The van der Waals surface area contributed by atoms with E-state index in [0.717, 1.165) is 57.0 Å². The van der Waals surface area contributed by atoms with E-state index in [0.29, 0.717) is 16.9 Å². The molecule has 0 bridgehead atoms. The predicted octanol–water partition coefficient (Wildman–Crippen LogP) is 8.76. The SMILES string of the molecule is CCCCCC(C)NOOSc1cc(N=Nc2c(O)[nH]c(=S)[nH]c2=O)ccc1-c1ccc(N=Nc2c(O)[nH]c(=S)[nH]c2=O)cc1S(=O)(=O)NC(C)CCCCC. The van der Waals surface area contributed by atoms with Gasteiger partial charge in [-0.3, -0.25) is 19.6 Å². The van der Waals surface area contributed by atoms with Gasteiger partial charge in [-0.05, 0) is 81.0 Å². The van der Waals surface area contributed by atoms with Gasteiger partial charge in [0.1, 0.15) is 0 Å². The van der Waals surface area contributed by atoms with Crippen molar-refractivity contribution in [3.8, 4) is 22.9 Å². The summed E-state index contributed by atoms with van der Waals surface area (Å²) in [6, 6.07) is 8.44. The number of hydrogen-bond donors (Lipinski definition) is 8. The van der Waals surface area contributed by atoms with Crippen LogP contribution in [0, 0.1) is 9.54 Å². The minimum atomic E-state index is -4.24. The standard InChI is InChI=1S/C34H44N10O8S4/c1-5-7-9-11-19(3)43-51-52-55-25-17-21(39-41-27-29(45)35-33(53)36-30(27)46)13-15-23(25)24-16-14-22(40-42-28-31(47)37-34(54)38-32(28)48)18-26(24)56(49,50)44-20(4)12-10-8-6-2/h13-20,43-44H,5-12H2,1-4H3,(H3,35,36,45,46,53)(H3,37,38,47,48,54). The lowest BCUT2D eigenvalue weighted by molar-refractivity contribution is -0.253. The van der Waals surface area contributed by atoms with Gasteiger partial charge in [0.2, 0.25) is 33.2 Å². The molecular weight excluding hydrogens is 805 g/mol. The number of unbranched alkanes of at least 4 members (excludes halogenated alkanes) is 4. The molecule has 0 radical (unpaired) electrons. The lowest BCUT2D eigenvalue weighted by Crippen LogP contribution is -2.32. The molecule has 0 saturated carbocycles. The highest BCUT2D eigenvalue weighted by atomic mass is 32.2. The maximum atomic E-state index is 14.1. The number of benzene rings is 2. The van der Waals surface area contributed by atoms with Gasteiger partial charge in [0.05, 0.1) is 28.3 Å². The van der Waals surface area contributed by atoms with Crippen molar-refractivity contribution in [1.29, 1.82) is 0 Å². The highest BCUT2D eigenvalue weighted by Gasteiger charge is 2.25. The first-order chi connectivity index (χ1) is 26.7. The number of aromatic nitrogens is 4. The Morgan fingerprint density at radius 3 is 1.80 bits per heavy atom. The van der Waals surface area contributed by atoms with Crippen LogP contribution < -0.4 is 21.3 Å². The first-order valence-electron chi connectivity index (χ1n) is 17.7. The summed E-state index contributed by atoms with van der Waals surface area (Å²) >= 11 is 10.5. The summed E-state index contributed by atoms with van der Waals surface area (Å²) in [5.41, 5.74) is 1.22. The Hall–Kier alpha value is -4.42. The van der Waals surface area contributed by atoms with Crippen LogP contribution in [0.15, 0.2) is 76.2 Å². The number of hydroxylamine groups is 1. The van der Waals surface area contributed by atoms with Crippen molar-refractivity contribution in [1.82, 2.24) is 30.1 Å². The molecule has 0 aliphatic carbocycles. The maximum absolute atomic E-state index is 14.1. The Kier molecular flexibility index (Phi) is 16.8. The third-order valence-electron chi connectivity index (χ3n) is 8.08. The van der Waals surface area contributed by atoms with E-state index in [9.17, 15) is 28.2 Å². The summed E-state index contributed by atoms with van der Waals surface area (Å²) in [4.78, 5) is 39.6. The Morgan fingerprint density at radius 2 is 1.27 bits per heavy atom. The number of H-pyrrole nitrogens is 4. The number of aromatic hydroxyl groups is 2. The van der Waals surface area contributed by atoms with Crippen molar-refractivity contribution < 1.29 is 28.0 Å². The second-order valence-corrected chi connectivity index (χ2v) is 16.0. The van der Waals surface area contributed by atoms with Gasteiger partial charge in [0, 0.05) is 22.5 Å². The van der Waals surface area contributed by atoms with Crippen LogP contribution in [0.1, 0.15) is 79.1 Å². The molecule has 0 aliphatic rings. The number of rotatable bonds is 21. The molecule has 2 atom stereocenters. The third kappa shape index (κ3) is 12.8. The van der Waals surface area contributed by atoms with E-state index < -0.39 is 50.3 Å². The van der Waals surface area contributed by atoms with E-state index in [4.69, 9.17) is 33.8 Å². The minimum absolute atomic E-state index is 0.0283.